The molecule has 1 heterocycles. The van der Waals surface area contributed by atoms with Crippen molar-refractivity contribution in [3.63, 3.8) is 0 Å². The van der Waals surface area contributed by atoms with Crippen molar-refractivity contribution in [3.05, 3.63) is 12.7 Å². The number of hydrogen-bond donors (Lipinski definition) is 0. The van der Waals surface area contributed by atoms with Gasteiger partial charge < -0.3 is 4.90 Å². The molecule has 0 radical (unpaired) electrons. The molecule has 0 N–H and O–H groups in total. The van der Waals surface area contributed by atoms with E-state index in [9.17, 15) is 4.79 Å². The lowest BCUT2D eigenvalue weighted by Crippen LogP contribution is -2.27. The monoisotopic (exact) mass is 165 g/mol. The van der Waals surface area contributed by atoms with Crippen molar-refractivity contribution in [1.29, 1.82) is 0 Å². The summed E-state index contributed by atoms with van der Waals surface area (Å²) in [5.41, 5.74) is 0.513. The molecule has 1 spiro atoms. The molecule has 0 aromatic carbocycles. The first kappa shape index (κ1) is 7.84. The highest BCUT2D eigenvalue weighted by Crippen LogP contribution is 2.55. The zero-order chi connectivity index (χ0) is 8.77. The molecule has 1 saturated carbocycles. The minimum Gasteiger partial charge on any atom is -0.338 e. The van der Waals surface area contributed by atoms with E-state index in [1.807, 2.05) is 4.90 Å². The van der Waals surface area contributed by atoms with E-state index >= 15 is 0 Å². The van der Waals surface area contributed by atoms with E-state index in [2.05, 4.69) is 13.5 Å². The molecule has 0 bridgehead atoms. The highest BCUT2D eigenvalue weighted by atomic mass is 16.2. The van der Waals surface area contributed by atoms with Gasteiger partial charge in [0.15, 0.2) is 0 Å². The van der Waals surface area contributed by atoms with Crippen LogP contribution in [0.5, 0.6) is 0 Å². The normalized spacial score (nSPS) is 30.8. The van der Waals surface area contributed by atoms with Crippen molar-refractivity contribution in [2.45, 2.75) is 19.8 Å². The molecule has 2 nitrogen and oxygen atoms in total. The number of amides is 1. The average Bonchev–Trinajstić information content (AvgIpc) is 2.75. The molecule has 2 aliphatic rings. The fourth-order valence-electron chi connectivity index (χ4n) is 2.23. The minimum absolute atomic E-state index is 0.102. The van der Waals surface area contributed by atoms with Gasteiger partial charge in [-0.25, -0.2) is 0 Å². The number of likely N-dealkylation sites (tertiary alicyclic amines) is 1. The predicted octanol–water partition coefficient (Wildman–Crippen LogP) is 1.43. The number of carbonyl (C=O) groups is 1. The molecule has 2 rings (SSSR count). The molecule has 1 amide bonds. The van der Waals surface area contributed by atoms with Gasteiger partial charge in [0.25, 0.3) is 0 Å². The molecule has 66 valence electrons. The molecule has 1 atom stereocenters. The third-order valence-electron chi connectivity index (χ3n) is 3.42. The Balaban J connectivity index is 2.06. The molecule has 0 aromatic heterocycles. The first-order chi connectivity index (χ1) is 5.68. The number of rotatable bonds is 1. The van der Waals surface area contributed by atoms with Gasteiger partial charge in [-0.1, -0.05) is 13.5 Å². The standard InChI is InChI=1S/C10H15NO/c1-3-9(12)11-6-8(2)10(7-11)4-5-10/h3,8H,1,4-7H2,2H3/t8-/m1/s1. The van der Waals surface area contributed by atoms with Crippen molar-refractivity contribution in [3.8, 4) is 0 Å². The molecule has 2 heteroatoms. The number of hydrogen-bond acceptors (Lipinski definition) is 1. The van der Waals surface area contributed by atoms with Crippen LogP contribution < -0.4 is 0 Å². The van der Waals surface area contributed by atoms with Crippen LogP contribution in [0.1, 0.15) is 19.8 Å². The van der Waals surface area contributed by atoms with E-state index < -0.39 is 0 Å². The summed E-state index contributed by atoms with van der Waals surface area (Å²) >= 11 is 0. The Kier molecular flexibility index (Phi) is 1.53. The van der Waals surface area contributed by atoms with Crippen molar-refractivity contribution in [2.24, 2.45) is 11.3 Å². The molecule has 2 fully saturated rings. The smallest absolute Gasteiger partial charge is 0.245 e. The first-order valence-electron chi connectivity index (χ1n) is 4.59. The van der Waals surface area contributed by atoms with E-state index in [1.165, 1.54) is 18.9 Å². The maximum Gasteiger partial charge on any atom is 0.245 e. The molecule has 1 aliphatic carbocycles. The van der Waals surface area contributed by atoms with Crippen LogP contribution in [0.3, 0.4) is 0 Å². The van der Waals surface area contributed by atoms with E-state index in [1.54, 1.807) is 0 Å². The van der Waals surface area contributed by atoms with Gasteiger partial charge in [0.2, 0.25) is 5.91 Å². The van der Waals surface area contributed by atoms with Crippen LogP contribution in [0.25, 0.3) is 0 Å². The van der Waals surface area contributed by atoms with Crippen LogP contribution >= 0.6 is 0 Å². The largest absolute Gasteiger partial charge is 0.338 e. The summed E-state index contributed by atoms with van der Waals surface area (Å²) < 4.78 is 0. The molecule has 12 heavy (non-hydrogen) atoms. The lowest BCUT2D eigenvalue weighted by molar-refractivity contribution is -0.125. The van der Waals surface area contributed by atoms with Gasteiger partial charge in [0.1, 0.15) is 0 Å². The highest BCUT2D eigenvalue weighted by molar-refractivity contribution is 5.87. The zero-order valence-corrected chi connectivity index (χ0v) is 7.55. The van der Waals surface area contributed by atoms with Crippen LogP contribution in [-0.4, -0.2) is 23.9 Å². The summed E-state index contributed by atoms with van der Waals surface area (Å²) in [5.74, 6) is 0.798. The van der Waals surface area contributed by atoms with E-state index in [-0.39, 0.29) is 5.91 Å². The SMILES string of the molecule is C=CC(=O)N1C[C@@H](C)C2(CC2)C1. The molecule has 0 aromatic rings. The van der Waals surface area contributed by atoms with Gasteiger partial charge in [-0.05, 0) is 30.3 Å². The zero-order valence-electron chi connectivity index (χ0n) is 7.55. The van der Waals surface area contributed by atoms with Crippen molar-refractivity contribution < 1.29 is 4.79 Å². The average molecular weight is 165 g/mol. The summed E-state index contributed by atoms with van der Waals surface area (Å²) in [7, 11) is 0. The Morgan fingerprint density at radius 2 is 2.33 bits per heavy atom. The van der Waals surface area contributed by atoms with Crippen molar-refractivity contribution in [1.82, 2.24) is 4.90 Å². The fourth-order valence-corrected chi connectivity index (χ4v) is 2.23. The molecule has 0 unspecified atom stereocenters. The lowest BCUT2D eigenvalue weighted by atomic mass is 9.95. The topological polar surface area (TPSA) is 20.3 Å². The second kappa shape index (κ2) is 2.35. The first-order valence-corrected chi connectivity index (χ1v) is 4.59. The summed E-state index contributed by atoms with van der Waals surface area (Å²) in [6.07, 6.45) is 4.05. The molecule has 1 saturated heterocycles. The Hall–Kier alpha value is -0.790. The van der Waals surface area contributed by atoms with Crippen molar-refractivity contribution >= 4 is 5.91 Å². The second-order valence-corrected chi connectivity index (χ2v) is 4.19. The van der Waals surface area contributed by atoms with E-state index in [0.29, 0.717) is 11.3 Å². The summed E-state index contributed by atoms with van der Waals surface area (Å²) in [5, 5.41) is 0. The molecule has 1 aliphatic heterocycles. The Morgan fingerprint density at radius 1 is 1.67 bits per heavy atom. The van der Waals surface area contributed by atoms with Gasteiger partial charge in [0.05, 0.1) is 0 Å². The minimum atomic E-state index is 0.102. The maximum atomic E-state index is 11.3. The Labute approximate surface area is 73.2 Å². The van der Waals surface area contributed by atoms with E-state index in [0.717, 1.165) is 13.1 Å². The van der Waals surface area contributed by atoms with E-state index in [4.69, 9.17) is 0 Å². The Bertz CT molecular complexity index is 230. The van der Waals surface area contributed by atoms with Crippen LogP contribution in [-0.2, 0) is 4.79 Å². The van der Waals surface area contributed by atoms with Gasteiger partial charge in [0, 0.05) is 13.1 Å². The lowest BCUT2D eigenvalue weighted by Gasteiger charge is -2.12. The van der Waals surface area contributed by atoms with Crippen LogP contribution in [0.2, 0.25) is 0 Å². The van der Waals surface area contributed by atoms with Crippen LogP contribution in [0, 0.1) is 11.3 Å². The second-order valence-electron chi connectivity index (χ2n) is 4.19. The third-order valence-corrected chi connectivity index (χ3v) is 3.42. The summed E-state index contributed by atoms with van der Waals surface area (Å²) in [6.45, 7) is 7.67. The highest BCUT2D eigenvalue weighted by Gasteiger charge is 2.53. The number of nitrogens with zero attached hydrogens (tertiary/aromatic N) is 1. The number of carbonyl (C=O) groups excluding carboxylic acids is 1. The Morgan fingerprint density at radius 3 is 2.75 bits per heavy atom. The van der Waals surface area contributed by atoms with Gasteiger partial charge in [-0.3, -0.25) is 4.79 Å². The fraction of sp³-hybridized carbons (Fsp3) is 0.700. The summed E-state index contributed by atoms with van der Waals surface area (Å²) in [6, 6.07) is 0. The molecular formula is C10H15NO. The maximum absolute atomic E-state index is 11.3. The van der Waals surface area contributed by atoms with Gasteiger partial charge >= 0.3 is 0 Å². The van der Waals surface area contributed by atoms with Crippen LogP contribution in [0.15, 0.2) is 12.7 Å². The van der Waals surface area contributed by atoms with Crippen molar-refractivity contribution in [2.75, 3.05) is 13.1 Å². The van der Waals surface area contributed by atoms with Crippen LogP contribution in [0.4, 0.5) is 0 Å². The molecular weight excluding hydrogens is 150 g/mol. The predicted molar refractivity (Wildman–Crippen MR) is 47.6 cm³/mol. The summed E-state index contributed by atoms with van der Waals surface area (Å²) in [4.78, 5) is 13.2. The van der Waals surface area contributed by atoms with Gasteiger partial charge in [-0.15, -0.1) is 0 Å². The third kappa shape index (κ3) is 0.977. The van der Waals surface area contributed by atoms with Gasteiger partial charge in [-0.2, -0.15) is 0 Å². The quantitative estimate of drug-likeness (QED) is 0.538.